The van der Waals surface area contributed by atoms with Gasteiger partial charge in [0.15, 0.2) is 0 Å². The second kappa shape index (κ2) is 6.03. The molecule has 6 nitrogen and oxygen atoms in total. The Morgan fingerprint density at radius 3 is 2.67 bits per heavy atom. The first-order chi connectivity index (χ1) is 10.0. The minimum atomic E-state index is -0.571. The van der Waals surface area contributed by atoms with Crippen molar-refractivity contribution in [2.24, 2.45) is 5.73 Å². The van der Waals surface area contributed by atoms with E-state index in [1.165, 1.54) is 18.2 Å². The van der Waals surface area contributed by atoms with Gasteiger partial charge in [0.25, 0.3) is 0 Å². The van der Waals surface area contributed by atoms with Gasteiger partial charge in [0.05, 0.1) is 16.6 Å². The lowest BCUT2D eigenvalue weighted by Gasteiger charge is -2.10. The normalized spacial score (nSPS) is 9.95. The molecule has 0 saturated carbocycles. The van der Waals surface area contributed by atoms with Crippen LogP contribution < -0.4 is 10.5 Å². The molecule has 0 aliphatic carbocycles. The maximum Gasteiger partial charge on any atom is 0.312 e. The molecule has 0 saturated heterocycles. The summed E-state index contributed by atoms with van der Waals surface area (Å²) >= 11 is 0. The number of hydrogen-bond donors (Lipinski definition) is 1. The third-order valence-corrected chi connectivity index (χ3v) is 2.99. The standard InChI is InChI=1S/C15H13N3O3/c1-10-2-3-12(9-17)7-15(10)21-14-5-4-11(8-16)6-13(14)18(19)20/h2-7H,9,17H2,1H3. The number of ether oxygens (including phenoxy) is 1. The minimum absolute atomic E-state index is 0.0938. The lowest BCUT2D eigenvalue weighted by atomic mass is 10.1. The molecule has 0 amide bonds. The highest BCUT2D eigenvalue weighted by molar-refractivity contribution is 5.54. The van der Waals surface area contributed by atoms with E-state index in [4.69, 9.17) is 15.7 Å². The van der Waals surface area contributed by atoms with Crippen molar-refractivity contribution in [1.29, 1.82) is 5.26 Å². The Morgan fingerprint density at radius 1 is 1.29 bits per heavy atom. The number of rotatable bonds is 4. The number of nitrogens with zero attached hydrogens (tertiary/aromatic N) is 2. The molecule has 0 radical (unpaired) electrons. The maximum absolute atomic E-state index is 11.1. The molecule has 2 aromatic carbocycles. The van der Waals surface area contributed by atoms with E-state index in [2.05, 4.69) is 0 Å². The Morgan fingerprint density at radius 2 is 2.05 bits per heavy atom. The van der Waals surface area contributed by atoms with Gasteiger partial charge in [-0.05, 0) is 36.2 Å². The Balaban J connectivity index is 2.44. The molecular formula is C15H13N3O3. The second-order valence-electron chi connectivity index (χ2n) is 4.46. The number of aryl methyl sites for hydroxylation is 1. The zero-order valence-electron chi connectivity index (χ0n) is 11.4. The molecule has 0 aliphatic heterocycles. The van der Waals surface area contributed by atoms with Gasteiger partial charge >= 0.3 is 5.69 Å². The topological polar surface area (TPSA) is 102 Å². The number of nitro benzene ring substituents is 1. The van der Waals surface area contributed by atoms with Crippen molar-refractivity contribution < 1.29 is 9.66 Å². The van der Waals surface area contributed by atoms with E-state index in [0.29, 0.717) is 12.3 Å². The Bertz CT molecular complexity index is 735. The fraction of sp³-hybridized carbons (Fsp3) is 0.133. The maximum atomic E-state index is 11.1. The number of benzene rings is 2. The second-order valence-corrected chi connectivity index (χ2v) is 4.46. The van der Waals surface area contributed by atoms with E-state index in [-0.39, 0.29) is 17.0 Å². The Kier molecular flexibility index (Phi) is 4.16. The van der Waals surface area contributed by atoms with Crippen LogP contribution in [0.3, 0.4) is 0 Å². The molecule has 0 aromatic heterocycles. The summed E-state index contributed by atoms with van der Waals surface area (Å²) in [6, 6.07) is 11.4. The summed E-state index contributed by atoms with van der Waals surface area (Å²) in [4.78, 5) is 10.5. The predicted molar refractivity (Wildman–Crippen MR) is 77.0 cm³/mol. The SMILES string of the molecule is Cc1ccc(CN)cc1Oc1ccc(C#N)cc1[N+](=O)[O-]. The molecule has 0 heterocycles. The van der Waals surface area contributed by atoms with Crippen LogP contribution in [0.5, 0.6) is 11.5 Å². The van der Waals surface area contributed by atoms with Crippen molar-refractivity contribution in [1.82, 2.24) is 0 Å². The van der Waals surface area contributed by atoms with Crippen LogP contribution in [-0.4, -0.2) is 4.92 Å². The van der Waals surface area contributed by atoms with Gasteiger partial charge in [0.1, 0.15) is 5.75 Å². The summed E-state index contributed by atoms with van der Waals surface area (Å²) in [5.74, 6) is 0.599. The molecule has 2 rings (SSSR count). The van der Waals surface area contributed by atoms with Crippen LogP contribution >= 0.6 is 0 Å². The molecule has 0 atom stereocenters. The highest BCUT2D eigenvalue weighted by atomic mass is 16.6. The van der Waals surface area contributed by atoms with Crippen molar-refractivity contribution in [3.05, 3.63) is 63.2 Å². The summed E-state index contributed by atoms with van der Waals surface area (Å²) in [5.41, 5.74) is 7.25. The minimum Gasteiger partial charge on any atom is -0.450 e. The van der Waals surface area contributed by atoms with Crippen LogP contribution in [0.2, 0.25) is 0 Å². The number of nitriles is 1. The highest BCUT2D eigenvalue weighted by Crippen LogP contribution is 2.33. The first-order valence-electron chi connectivity index (χ1n) is 6.21. The monoisotopic (exact) mass is 283 g/mol. The number of nitrogens with two attached hydrogens (primary N) is 1. The number of hydrogen-bond acceptors (Lipinski definition) is 5. The third-order valence-electron chi connectivity index (χ3n) is 2.99. The molecule has 0 bridgehead atoms. The summed E-state index contributed by atoms with van der Waals surface area (Å²) in [7, 11) is 0. The summed E-state index contributed by atoms with van der Waals surface area (Å²) in [6.45, 7) is 2.19. The van der Waals surface area contributed by atoms with Crippen molar-refractivity contribution >= 4 is 5.69 Å². The van der Waals surface area contributed by atoms with Gasteiger partial charge in [0, 0.05) is 12.6 Å². The van der Waals surface area contributed by atoms with Crippen LogP contribution in [0.1, 0.15) is 16.7 Å². The first-order valence-corrected chi connectivity index (χ1v) is 6.21. The fourth-order valence-electron chi connectivity index (χ4n) is 1.82. The average Bonchev–Trinajstić information content (AvgIpc) is 2.49. The summed E-state index contributed by atoms with van der Waals surface area (Å²) in [6.07, 6.45) is 0. The van der Waals surface area contributed by atoms with Gasteiger partial charge in [-0.15, -0.1) is 0 Å². The predicted octanol–water partition coefficient (Wildman–Crippen LogP) is 3.03. The fourth-order valence-corrected chi connectivity index (χ4v) is 1.82. The molecule has 0 fully saturated rings. The van der Waals surface area contributed by atoms with Gasteiger partial charge < -0.3 is 10.5 Å². The van der Waals surface area contributed by atoms with Crippen molar-refractivity contribution in [2.45, 2.75) is 13.5 Å². The van der Waals surface area contributed by atoms with E-state index < -0.39 is 4.92 Å². The molecule has 2 N–H and O–H groups in total. The van der Waals surface area contributed by atoms with E-state index in [0.717, 1.165) is 11.1 Å². The molecular weight excluding hydrogens is 270 g/mol. The van der Waals surface area contributed by atoms with E-state index in [1.54, 1.807) is 6.07 Å². The van der Waals surface area contributed by atoms with E-state index >= 15 is 0 Å². The van der Waals surface area contributed by atoms with Crippen LogP contribution in [-0.2, 0) is 6.54 Å². The van der Waals surface area contributed by atoms with Gasteiger partial charge in [-0.1, -0.05) is 12.1 Å². The quantitative estimate of drug-likeness (QED) is 0.686. The molecule has 6 heteroatoms. The molecule has 2 aromatic rings. The van der Waals surface area contributed by atoms with Gasteiger partial charge in [0.2, 0.25) is 5.75 Å². The highest BCUT2D eigenvalue weighted by Gasteiger charge is 2.17. The van der Waals surface area contributed by atoms with E-state index in [1.807, 2.05) is 25.1 Å². The Hall–Kier alpha value is -2.91. The molecule has 0 unspecified atom stereocenters. The average molecular weight is 283 g/mol. The van der Waals surface area contributed by atoms with Gasteiger partial charge in [-0.25, -0.2) is 0 Å². The van der Waals surface area contributed by atoms with Crippen LogP contribution in [0.4, 0.5) is 5.69 Å². The Labute approximate surface area is 121 Å². The van der Waals surface area contributed by atoms with Crippen LogP contribution in [0.25, 0.3) is 0 Å². The zero-order valence-corrected chi connectivity index (χ0v) is 11.4. The van der Waals surface area contributed by atoms with E-state index in [9.17, 15) is 10.1 Å². The summed E-state index contributed by atoms with van der Waals surface area (Å²) < 4.78 is 5.64. The lowest BCUT2D eigenvalue weighted by molar-refractivity contribution is -0.385. The molecule has 0 spiro atoms. The van der Waals surface area contributed by atoms with Crippen molar-refractivity contribution in [3.8, 4) is 17.6 Å². The summed E-state index contributed by atoms with van der Waals surface area (Å²) in [5, 5.41) is 19.9. The largest absolute Gasteiger partial charge is 0.450 e. The van der Waals surface area contributed by atoms with Gasteiger partial charge in [-0.2, -0.15) is 5.26 Å². The first kappa shape index (κ1) is 14.5. The lowest BCUT2D eigenvalue weighted by Crippen LogP contribution is -1.99. The number of nitro groups is 1. The molecule has 106 valence electrons. The van der Waals surface area contributed by atoms with Crippen LogP contribution in [0, 0.1) is 28.4 Å². The molecule has 21 heavy (non-hydrogen) atoms. The smallest absolute Gasteiger partial charge is 0.312 e. The van der Waals surface area contributed by atoms with Crippen molar-refractivity contribution in [2.75, 3.05) is 0 Å². The van der Waals surface area contributed by atoms with Crippen molar-refractivity contribution in [3.63, 3.8) is 0 Å². The van der Waals surface area contributed by atoms with Crippen LogP contribution in [0.15, 0.2) is 36.4 Å². The van der Waals surface area contributed by atoms with Gasteiger partial charge in [-0.3, -0.25) is 10.1 Å². The molecule has 0 aliphatic rings. The zero-order chi connectivity index (χ0) is 15.4. The third kappa shape index (κ3) is 3.16.